The number of amides is 1. The lowest BCUT2D eigenvalue weighted by Gasteiger charge is -2.24. The quantitative estimate of drug-likeness (QED) is 0.827. The van der Waals surface area contributed by atoms with Crippen LogP contribution >= 0.6 is 0 Å². The first-order valence-corrected chi connectivity index (χ1v) is 8.00. The number of rotatable bonds is 5. The van der Waals surface area contributed by atoms with Gasteiger partial charge in [-0.3, -0.25) is 0 Å². The molecule has 0 spiro atoms. The van der Waals surface area contributed by atoms with E-state index in [0.717, 1.165) is 17.0 Å². The number of hydrogen-bond donors (Lipinski definition) is 0. The van der Waals surface area contributed by atoms with Crippen LogP contribution in [0.15, 0.2) is 35.2 Å². The van der Waals surface area contributed by atoms with Crippen molar-refractivity contribution in [2.24, 2.45) is 0 Å². The first-order chi connectivity index (χ1) is 10.1. The highest BCUT2D eigenvalue weighted by atomic mass is 32.2. The normalized spacial score (nSPS) is 13.5. The van der Waals surface area contributed by atoms with Gasteiger partial charge >= 0.3 is 17.7 Å². The zero-order valence-electron chi connectivity index (χ0n) is 12.0. The number of benzene rings is 1. The Bertz CT molecular complexity index is 597. The molecule has 9 heteroatoms. The van der Waals surface area contributed by atoms with E-state index in [9.17, 15) is 26.4 Å². The molecule has 0 N–H and O–H groups in total. The van der Waals surface area contributed by atoms with Crippen LogP contribution in [0.4, 0.5) is 18.0 Å². The van der Waals surface area contributed by atoms with Crippen LogP contribution in [-0.2, 0) is 14.6 Å². The third kappa shape index (κ3) is 4.12. The number of carbonyl (C=O) groups excluding carboxylic acids is 1. The lowest BCUT2D eigenvalue weighted by molar-refractivity contribution is -0.178. The van der Waals surface area contributed by atoms with Crippen molar-refractivity contribution in [2.75, 3.05) is 13.1 Å². The molecule has 1 rings (SSSR count). The fraction of sp³-hybridized carbons (Fsp3) is 0.462. The van der Waals surface area contributed by atoms with E-state index in [1.54, 1.807) is 13.8 Å². The smallest absolute Gasteiger partial charge is 0.419 e. The van der Waals surface area contributed by atoms with Crippen LogP contribution in [0.5, 0.6) is 0 Å². The summed E-state index contributed by atoms with van der Waals surface area (Å²) in [7, 11) is -4.90. The lowest BCUT2D eigenvalue weighted by atomic mass is 10.4. The third-order valence-electron chi connectivity index (χ3n) is 2.85. The predicted molar refractivity (Wildman–Crippen MR) is 72.9 cm³/mol. The molecule has 5 nitrogen and oxygen atoms in total. The van der Waals surface area contributed by atoms with Crippen molar-refractivity contribution in [3.8, 4) is 0 Å². The second kappa shape index (κ2) is 6.99. The van der Waals surface area contributed by atoms with Crippen LogP contribution < -0.4 is 0 Å². The molecule has 0 bridgehead atoms. The Morgan fingerprint density at radius 2 is 1.68 bits per heavy atom. The minimum atomic E-state index is -5.24. The van der Waals surface area contributed by atoms with Crippen LogP contribution in [0.25, 0.3) is 0 Å². The maximum absolute atomic E-state index is 13.1. The van der Waals surface area contributed by atoms with Crippen molar-refractivity contribution >= 4 is 15.9 Å². The van der Waals surface area contributed by atoms with Crippen molar-refractivity contribution in [1.82, 2.24) is 4.90 Å². The predicted octanol–water partition coefficient (Wildman–Crippen LogP) is 2.83. The molecular formula is C13H16F3NO4S. The Kier molecular flexibility index (Phi) is 5.81. The van der Waals surface area contributed by atoms with E-state index in [0.29, 0.717) is 0 Å². The number of halogens is 3. The van der Waals surface area contributed by atoms with E-state index >= 15 is 0 Å². The second-order valence-corrected chi connectivity index (χ2v) is 6.28. The Morgan fingerprint density at radius 1 is 1.18 bits per heavy atom. The standard InChI is InChI=1S/C13H16F3NO4S/c1-3-17(4-2)12(18)21-11(13(14,15)16)22(19,20)10-8-6-5-7-9-10/h5-9,11H,3-4H2,1-2H3. The molecule has 22 heavy (non-hydrogen) atoms. The summed E-state index contributed by atoms with van der Waals surface area (Å²) in [5.41, 5.74) is -3.24. The summed E-state index contributed by atoms with van der Waals surface area (Å²) in [5.74, 6) is 0. The number of alkyl halides is 3. The zero-order valence-corrected chi connectivity index (χ0v) is 12.8. The van der Waals surface area contributed by atoms with Crippen molar-refractivity contribution in [3.63, 3.8) is 0 Å². The van der Waals surface area contributed by atoms with Crippen LogP contribution in [-0.4, -0.2) is 44.1 Å². The molecule has 0 aliphatic carbocycles. The average Bonchev–Trinajstić information content (AvgIpc) is 2.45. The van der Waals surface area contributed by atoms with Gasteiger partial charge in [0, 0.05) is 13.1 Å². The third-order valence-corrected chi connectivity index (χ3v) is 4.71. The van der Waals surface area contributed by atoms with Crippen molar-refractivity contribution < 1.29 is 31.1 Å². The molecule has 1 aromatic carbocycles. The Balaban J connectivity index is 3.18. The molecule has 0 aliphatic heterocycles. The number of ether oxygens (including phenoxy) is 1. The van der Waals surface area contributed by atoms with Crippen LogP contribution in [0.3, 0.4) is 0 Å². The molecule has 0 aromatic heterocycles. The molecule has 124 valence electrons. The number of sulfone groups is 1. The van der Waals surface area contributed by atoms with Gasteiger partial charge in [0.1, 0.15) is 0 Å². The van der Waals surface area contributed by atoms with E-state index in [2.05, 4.69) is 4.74 Å². The molecule has 0 heterocycles. The highest BCUT2D eigenvalue weighted by molar-refractivity contribution is 7.92. The summed E-state index contributed by atoms with van der Waals surface area (Å²) in [6.45, 7) is 3.29. The molecule has 0 aliphatic rings. The number of carbonyl (C=O) groups is 1. The monoisotopic (exact) mass is 339 g/mol. The highest BCUT2D eigenvalue weighted by Gasteiger charge is 2.53. The maximum atomic E-state index is 13.1. The van der Waals surface area contributed by atoms with E-state index in [-0.39, 0.29) is 13.1 Å². The molecule has 0 saturated carbocycles. The van der Waals surface area contributed by atoms with E-state index in [1.807, 2.05) is 0 Å². The zero-order chi connectivity index (χ0) is 17.0. The summed E-state index contributed by atoms with van der Waals surface area (Å²) < 4.78 is 67.6. The first kappa shape index (κ1) is 18.3. The van der Waals surface area contributed by atoms with Gasteiger partial charge in [0.2, 0.25) is 9.84 Å². The summed E-state index contributed by atoms with van der Waals surface area (Å²) in [4.78, 5) is 12.1. The van der Waals surface area contributed by atoms with Gasteiger partial charge < -0.3 is 9.64 Å². The fourth-order valence-corrected chi connectivity index (χ4v) is 3.03. The SMILES string of the molecule is CCN(CC)C(=O)OC(C(F)(F)F)S(=O)(=O)c1ccccc1. The largest absolute Gasteiger partial charge is 0.440 e. The molecule has 1 unspecified atom stereocenters. The molecule has 0 fully saturated rings. The molecule has 1 aromatic rings. The molecular weight excluding hydrogens is 323 g/mol. The topological polar surface area (TPSA) is 63.7 Å². The maximum Gasteiger partial charge on any atom is 0.440 e. The van der Waals surface area contributed by atoms with Crippen LogP contribution in [0.2, 0.25) is 0 Å². The van der Waals surface area contributed by atoms with Gasteiger partial charge in [0.05, 0.1) is 4.90 Å². The molecule has 1 amide bonds. The van der Waals surface area contributed by atoms with Gasteiger partial charge in [0.25, 0.3) is 0 Å². The van der Waals surface area contributed by atoms with Crippen molar-refractivity contribution in [1.29, 1.82) is 0 Å². The van der Waals surface area contributed by atoms with E-state index < -0.39 is 32.4 Å². The van der Waals surface area contributed by atoms with Gasteiger partial charge in [-0.1, -0.05) is 18.2 Å². The summed E-state index contributed by atoms with van der Waals surface area (Å²) in [6.07, 6.45) is -6.57. The molecule has 0 radical (unpaired) electrons. The molecule has 1 atom stereocenters. The average molecular weight is 339 g/mol. The van der Waals surface area contributed by atoms with Gasteiger partial charge in [-0.15, -0.1) is 0 Å². The van der Waals surface area contributed by atoms with Crippen LogP contribution in [0, 0.1) is 0 Å². The fourth-order valence-electron chi connectivity index (χ4n) is 1.69. The minimum Gasteiger partial charge on any atom is -0.419 e. The summed E-state index contributed by atoms with van der Waals surface area (Å²) in [6, 6.07) is 6.06. The summed E-state index contributed by atoms with van der Waals surface area (Å²) in [5, 5.41) is 0. The summed E-state index contributed by atoms with van der Waals surface area (Å²) >= 11 is 0. The van der Waals surface area contributed by atoms with Crippen molar-refractivity contribution in [2.45, 2.75) is 30.4 Å². The Hall–Kier alpha value is -1.77. The second-order valence-electron chi connectivity index (χ2n) is 4.29. The minimum absolute atomic E-state index is 0.102. The van der Waals surface area contributed by atoms with Gasteiger partial charge in [-0.25, -0.2) is 13.2 Å². The highest BCUT2D eigenvalue weighted by Crippen LogP contribution is 2.31. The molecule has 0 saturated heterocycles. The number of nitrogens with zero attached hydrogens (tertiary/aromatic N) is 1. The van der Waals surface area contributed by atoms with Gasteiger partial charge in [0.15, 0.2) is 0 Å². The lowest BCUT2D eigenvalue weighted by Crippen LogP contribution is -2.44. The Morgan fingerprint density at radius 3 is 2.09 bits per heavy atom. The van der Waals surface area contributed by atoms with E-state index in [1.165, 1.54) is 18.2 Å². The van der Waals surface area contributed by atoms with Crippen LogP contribution in [0.1, 0.15) is 13.8 Å². The van der Waals surface area contributed by atoms with Gasteiger partial charge in [-0.2, -0.15) is 13.2 Å². The van der Waals surface area contributed by atoms with Gasteiger partial charge in [-0.05, 0) is 26.0 Å². The number of hydrogen-bond acceptors (Lipinski definition) is 4. The first-order valence-electron chi connectivity index (χ1n) is 6.45. The Labute approximate surface area is 126 Å². The van der Waals surface area contributed by atoms with Crippen molar-refractivity contribution in [3.05, 3.63) is 30.3 Å². The van der Waals surface area contributed by atoms with E-state index in [4.69, 9.17) is 0 Å².